The summed E-state index contributed by atoms with van der Waals surface area (Å²) in [6.07, 6.45) is 1.25. The van der Waals surface area contributed by atoms with Crippen LogP contribution in [-0.2, 0) is 9.59 Å². The van der Waals surface area contributed by atoms with Gasteiger partial charge in [0.1, 0.15) is 28.7 Å². The molecule has 1 aliphatic heterocycles. The van der Waals surface area contributed by atoms with E-state index < -0.39 is 22.6 Å². The Morgan fingerprint density at radius 2 is 1.88 bits per heavy atom. The average Bonchev–Trinajstić information content (AvgIpc) is 3.25. The number of nitro benzene ring substituents is 1. The van der Waals surface area contributed by atoms with Crippen LogP contribution in [0.2, 0.25) is 0 Å². The van der Waals surface area contributed by atoms with Gasteiger partial charge in [0.2, 0.25) is 0 Å². The van der Waals surface area contributed by atoms with Gasteiger partial charge in [0, 0.05) is 6.07 Å². The minimum Gasteiger partial charge on any atom is -0.496 e. The Morgan fingerprint density at radius 3 is 2.55 bits per heavy atom. The molecule has 1 aromatic heterocycles. The number of methoxy groups -OCH3 is 1. The highest BCUT2D eigenvalue weighted by Crippen LogP contribution is 2.34. The molecule has 0 aliphatic carbocycles. The van der Waals surface area contributed by atoms with E-state index in [1.54, 1.807) is 6.07 Å². The van der Waals surface area contributed by atoms with Crippen molar-refractivity contribution in [1.82, 2.24) is 5.32 Å². The predicted octanol–water partition coefficient (Wildman–Crippen LogP) is 3.83. The van der Waals surface area contributed by atoms with E-state index in [9.17, 15) is 24.1 Å². The van der Waals surface area contributed by atoms with E-state index in [-0.39, 0.29) is 33.6 Å². The zero-order valence-electron chi connectivity index (χ0n) is 16.9. The van der Waals surface area contributed by atoms with Crippen LogP contribution in [0, 0.1) is 15.9 Å². The molecule has 0 radical (unpaired) electrons. The highest BCUT2D eigenvalue weighted by molar-refractivity contribution is 7.80. The van der Waals surface area contributed by atoms with Crippen molar-refractivity contribution in [3.05, 3.63) is 81.9 Å². The van der Waals surface area contributed by atoms with Crippen molar-refractivity contribution in [1.29, 1.82) is 0 Å². The number of ether oxygens (including phenoxy) is 1. The second-order valence-electron chi connectivity index (χ2n) is 6.78. The largest absolute Gasteiger partial charge is 0.496 e. The molecule has 2 amide bonds. The third-order valence-corrected chi connectivity index (χ3v) is 5.05. The molecule has 3 aromatic rings. The number of rotatable bonds is 5. The van der Waals surface area contributed by atoms with Crippen molar-refractivity contribution in [3.8, 4) is 17.1 Å². The van der Waals surface area contributed by atoms with Crippen LogP contribution in [0.15, 0.2) is 64.6 Å². The van der Waals surface area contributed by atoms with E-state index in [1.807, 2.05) is 0 Å². The summed E-state index contributed by atoms with van der Waals surface area (Å²) in [6.45, 7) is 0. The van der Waals surface area contributed by atoms with Gasteiger partial charge in [0.25, 0.3) is 17.5 Å². The molecule has 166 valence electrons. The van der Waals surface area contributed by atoms with Crippen molar-refractivity contribution in [3.63, 3.8) is 0 Å². The summed E-state index contributed by atoms with van der Waals surface area (Å²) in [7, 11) is 1.37. The van der Waals surface area contributed by atoms with Crippen LogP contribution < -0.4 is 15.0 Å². The van der Waals surface area contributed by atoms with Gasteiger partial charge in [-0.1, -0.05) is 0 Å². The first kappa shape index (κ1) is 21.8. The highest BCUT2D eigenvalue weighted by Gasteiger charge is 2.34. The zero-order valence-corrected chi connectivity index (χ0v) is 17.7. The fourth-order valence-corrected chi connectivity index (χ4v) is 3.48. The topological polar surface area (TPSA) is 115 Å². The third kappa shape index (κ3) is 4.21. The summed E-state index contributed by atoms with van der Waals surface area (Å²) in [5.74, 6) is -1.20. The molecule has 1 N–H and O–H groups in total. The van der Waals surface area contributed by atoms with Gasteiger partial charge in [-0.25, -0.2) is 4.39 Å². The minimum absolute atomic E-state index is 0.135. The number of nitrogens with zero attached hydrogens (tertiary/aromatic N) is 2. The molecule has 11 heteroatoms. The fraction of sp³-hybridized carbons (Fsp3) is 0.0455. The molecule has 1 fully saturated rings. The van der Waals surface area contributed by atoms with E-state index in [4.69, 9.17) is 21.4 Å². The highest BCUT2D eigenvalue weighted by atomic mass is 32.1. The van der Waals surface area contributed by atoms with Crippen molar-refractivity contribution in [2.24, 2.45) is 0 Å². The van der Waals surface area contributed by atoms with Crippen LogP contribution >= 0.6 is 12.2 Å². The lowest BCUT2D eigenvalue weighted by molar-refractivity contribution is -0.384. The number of hydrogen-bond donors (Lipinski definition) is 1. The van der Waals surface area contributed by atoms with Gasteiger partial charge in [-0.15, -0.1) is 0 Å². The summed E-state index contributed by atoms with van der Waals surface area (Å²) in [4.78, 5) is 37.0. The molecule has 1 aliphatic rings. The molecule has 9 nitrogen and oxygen atoms in total. The van der Waals surface area contributed by atoms with Gasteiger partial charge in [0.15, 0.2) is 5.11 Å². The van der Waals surface area contributed by atoms with Gasteiger partial charge in [-0.3, -0.25) is 29.9 Å². The fourth-order valence-electron chi connectivity index (χ4n) is 3.20. The molecule has 0 unspecified atom stereocenters. The minimum atomic E-state index is -0.714. The van der Waals surface area contributed by atoms with Crippen LogP contribution in [0.5, 0.6) is 5.75 Å². The van der Waals surface area contributed by atoms with E-state index in [0.29, 0.717) is 11.3 Å². The molecule has 2 aromatic carbocycles. The molecule has 33 heavy (non-hydrogen) atoms. The van der Waals surface area contributed by atoms with Crippen molar-refractivity contribution < 1.29 is 28.1 Å². The van der Waals surface area contributed by atoms with Crippen molar-refractivity contribution in [2.75, 3.05) is 12.0 Å². The quantitative estimate of drug-likeness (QED) is 0.199. The molecule has 2 heterocycles. The van der Waals surface area contributed by atoms with Crippen LogP contribution in [0.3, 0.4) is 0 Å². The Balaban J connectivity index is 1.67. The Morgan fingerprint density at radius 1 is 1.15 bits per heavy atom. The van der Waals surface area contributed by atoms with E-state index in [1.165, 1.54) is 61.7 Å². The summed E-state index contributed by atoms with van der Waals surface area (Å²) in [6, 6.07) is 12.2. The van der Waals surface area contributed by atoms with Crippen LogP contribution in [0.1, 0.15) is 5.76 Å². The summed E-state index contributed by atoms with van der Waals surface area (Å²) >= 11 is 5.11. The number of amides is 2. The maximum Gasteiger partial charge on any atom is 0.273 e. The first-order chi connectivity index (χ1) is 15.8. The standard InChI is InChI=1S/C22H14FN3O6S/c1-31-19-10-14(26(29)30)6-8-16(19)18-9-7-15(32-18)11-17-20(27)24-22(33)25(21(17)28)13-4-2-12(23)3-5-13/h2-11H,1H3,(H,24,27,33)/b17-11+. The molecule has 1 saturated heterocycles. The maximum atomic E-state index is 13.3. The first-order valence-electron chi connectivity index (χ1n) is 9.38. The number of furan rings is 1. The number of hydrogen-bond acceptors (Lipinski definition) is 7. The van der Waals surface area contributed by atoms with Gasteiger partial charge >= 0.3 is 0 Å². The number of nitrogens with one attached hydrogen (secondary N) is 1. The Bertz CT molecular complexity index is 1330. The van der Waals surface area contributed by atoms with E-state index >= 15 is 0 Å². The Labute approximate surface area is 191 Å². The van der Waals surface area contributed by atoms with Crippen molar-refractivity contribution in [2.45, 2.75) is 0 Å². The first-order valence-corrected chi connectivity index (χ1v) is 9.79. The molecule has 0 bridgehead atoms. The maximum absolute atomic E-state index is 13.3. The molecule has 0 spiro atoms. The lowest BCUT2D eigenvalue weighted by Gasteiger charge is -2.28. The monoisotopic (exact) mass is 467 g/mol. The van der Waals surface area contributed by atoms with Crippen LogP contribution in [-0.4, -0.2) is 29.0 Å². The number of benzene rings is 2. The number of non-ortho nitro benzene ring substituents is 1. The second kappa shape index (κ2) is 8.63. The second-order valence-corrected chi connectivity index (χ2v) is 7.16. The third-order valence-electron chi connectivity index (χ3n) is 4.76. The number of carbonyl (C=O) groups is 2. The van der Waals surface area contributed by atoms with Gasteiger partial charge in [0.05, 0.1) is 29.4 Å². The predicted molar refractivity (Wildman–Crippen MR) is 120 cm³/mol. The van der Waals surface area contributed by atoms with Gasteiger partial charge in [-0.05, 0) is 60.8 Å². The molecular formula is C22H14FN3O6S. The number of carbonyl (C=O) groups excluding carboxylic acids is 2. The molecule has 0 saturated carbocycles. The zero-order chi connectivity index (χ0) is 23.7. The van der Waals surface area contributed by atoms with E-state index in [0.717, 1.165) is 4.90 Å². The van der Waals surface area contributed by atoms with E-state index in [2.05, 4.69) is 5.32 Å². The molecule has 0 atom stereocenters. The Hall–Kier alpha value is -4.38. The SMILES string of the molecule is COc1cc([N+](=O)[O-])ccc1-c1ccc(/C=C2\C(=O)NC(=S)N(c3ccc(F)cc3)C2=O)o1. The number of halogens is 1. The average molecular weight is 467 g/mol. The number of nitro groups is 1. The normalized spacial score (nSPS) is 15.0. The number of anilines is 1. The van der Waals surface area contributed by atoms with Gasteiger partial charge in [-0.2, -0.15) is 0 Å². The van der Waals surface area contributed by atoms with Crippen molar-refractivity contribution >= 4 is 46.6 Å². The lowest BCUT2D eigenvalue weighted by Crippen LogP contribution is -2.54. The summed E-state index contributed by atoms with van der Waals surface area (Å²) in [5, 5.41) is 13.3. The molecule has 4 rings (SSSR count). The molecular weight excluding hydrogens is 453 g/mol. The number of thiocarbonyl (C=S) groups is 1. The summed E-state index contributed by atoms with van der Waals surface area (Å²) in [5.41, 5.74) is 0.338. The Kier molecular flexibility index (Phi) is 5.71. The van der Waals surface area contributed by atoms with Crippen LogP contribution in [0.25, 0.3) is 17.4 Å². The van der Waals surface area contributed by atoms with Crippen LogP contribution in [0.4, 0.5) is 15.8 Å². The smallest absolute Gasteiger partial charge is 0.273 e. The lowest BCUT2D eigenvalue weighted by atomic mass is 10.1. The van der Waals surface area contributed by atoms with Gasteiger partial charge < -0.3 is 9.15 Å². The summed E-state index contributed by atoms with van der Waals surface area (Å²) < 4.78 is 24.2.